The molecule has 0 saturated heterocycles. The van der Waals surface area contributed by atoms with Gasteiger partial charge in [0.1, 0.15) is 11.5 Å². The summed E-state index contributed by atoms with van der Waals surface area (Å²) in [4.78, 5) is 2.29. The molecule has 1 aromatic rings. The number of hydrogen-bond donors (Lipinski definition) is 1. The van der Waals surface area contributed by atoms with Crippen molar-refractivity contribution in [2.45, 2.75) is 13.0 Å². The molecule has 1 aromatic carbocycles. The van der Waals surface area contributed by atoms with Crippen LogP contribution < -0.4 is 14.8 Å². The second-order valence-electron chi connectivity index (χ2n) is 4.25. The molecular formula is C14H24N2O2. The van der Waals surface area contributed by atoms with Crippen molar-refractivity contribution in [3.05, 3.63) is 23.8 Å². The number of nitrogens with zero attached hydrogens (tertiary/aromatic N) is 1. The lowest BCUT2D eigenvalue weighted by Crippen LogP contribution is -2.32. The fourth-order valence-electron chi connectivity index (χ4n) is 2.02. The Morgan fingerprint density at radius 3 is 2.50 bits per heavy atom. The van der Waals surface area contributed by atoms with Gasteiger partial charge in [0.15, 0.2) is 0 Å². The second kappa shape index (κ2) is 7.24. The van der Waals surface area contributed by atoms with Crippen LogP contribution in [0, 0.1) is 0 Å². The summed E-state index contributed by atoms with van der Waals surface area (Å²) in [5.41, 5.74) is 1.15. The molecule has 0 aliphatic rings. The molecule has 0 spiro atoms. The van der Waals surface area contributed by atoms with Crippen LogP contribution in [0.2, 0.25) is 0 Å². The average molecular weight is 252 g/mol. The first-order valence-corrected chi connectivity index (χ1v) is 6.24. The Labute approximate surface area is 110 Å². The molecule has 1 unspecified atom stereocenters. The molecule has 0 amide bonds. The Morgan fingerprint density at radius 2 is 2.00 bits per heavy atom. The highest BCUT2D eigenvalue weighted by Gasteiger charge is 2.19. The summed E-state index contributed by atoms with van der Waals surface area (Å²) < 4.78 is 10.8. The molecule has 0 bridgehead atoms. The maximum Gasteiger partial charge on any atom is 0.123 e. The van der Waals surface area contributed by atoms with Gasteiger partial charge in [0.05, 0.1) is 20.3 Å². The van der Waals surface area contributed by atoms with Gasteiger partial charge in [0, 0.05) is 12.1 Å². The quantitative estimate of drug-likeness (QED) is 0.804. The first kappa shape index (κ1) is 14.8. The van der Waals surface area contributed by atoms with Crippen molar-refractivity contribution in [1.29, 1.82) is 0 Å². The summed E-state index contributed by atoms with van der Waals surface area (Å²) in [5.74, 6) is 1.76. The van der Waals surface area contributed by atoms with Crippen LogP contribution in [0.15, 0.2) is 18.2 Å². The van der Waals surface area contributed by atoms with Crippen LogP contribution in [0.5, 0.6) is 11.5 Å². The van der Waals surface area contributed by atoms with Crippen molar-refractivity contribution in [2.75, 3.05) is 41.4 Å². The van der Waals surface area contributed by atoms with Gasteiger partial charge in [-0.25, -0.2) is 0 Å². The van der Waals surface area contributed by atoms with Crippen molar-refractivity contribution in [2.24, 2.45) is 0 Å². The summed E-state index contributed by atoms with van der Waals surface area (Å²) in [6, 6.07) is 6.20. The van der Waals surface area contributed by atoms with Crippen molar-refractivity contribution in [3.63, 3.8) is 0 Å². The molecule has 0 fully saturated rings. The van der Waals surface area contributed by atoms with E-state index in [-0.39, 0.29) is 6.04 Å². The van der Waals surface area contributed by atoms with Crippen LogP contribution in [0.4, 0.5) is 0 Å². The zero-order valence-corrected chi connectivity index (χ0v) is 12.0. The minimum Gasteiger partial charge on any atom is -0.497 e. The predicted molar refractivity (Wildman–Crippen MR) is 74.5 cm³/mol. The van der Waals surface area contributed by atoms with Gasteiger partial charge < -0.3 is 14.8 Å². The lowest BCUT2D eigenvalue weighted by atomic mass is 10.0. The second-order valence-corrected chi connectivity index (χ2v) is 4.25. The predicted octanol–water partition coefficient (Wildman–Crippen LogP) is 1.92. The number of rotatable bonds is 7. The van der Waals surface area contributed by atoms with Gasteiger partial charge in [-0.2, -0.15) is 0 Å². The van der Waals surface area contributed by atoms with Crippen molar-refractivity contribution in [3.8, 4) is 11.5 Å². The first-order chi connectivity index (χ1) is 8.67. The Hall–Kier alpha value is -1.26. The molecular weight excluding hydrogens is 228 g/mol. The molecule has 0 saturated carbocycles. The van der Waals surface area contributed by atoms with Crippen LogP contribution in [0.3, 0.4) is 0 Å². The van der Waals surface area contributed by atoms with Crippen LogP contribution in [-0.4, -0.2) is 46.3 Å². The minimum atomic E-state index is 0.269. The zero-order valence-electron chi connectivity index (χ0n) is 12.0. The Bertz CT molecular complexity index is 369. The van der Waals surface area contributed by atoms with Crippen LogP contribution in [0.25, 0.3) is 0 Å². The van der Waals surface area contributed by atoms with Gasteiger partial charge in [-0.3, -0.25) is 4.90 Å². The molecule has 4 heteroatoms. The van der Waals surface area contributed by atoms with Crippen LogP contribution in [0.1, 0.15) is 18.5 Å². The van der Waals surface area contributed by atoms with Crippen molar-refractivity contribution < 1.29 is 9.47 Å². The monoisotopic (exact) mass is 252 g/mol. The Morgan fingerprint density at radius 1 is 1.28 bits per heavy atom. The van der Waals surface area contributed by atoms with Crippen LogP contribution in [-0.2, 0) is 0 Å². The maximum absolute atomic E-state index is 5.46. The van der Waals surface area contributed by atoms with E-state index in [0.717, 1.165) is 30.2 Å². The van der Waals surface area contributed by atoms with Gasteiger partial charge in [-0.15, -0.1) is 0 Å². The van der Waals surface area contributed by atoms with Gasteiger partial charge >= 0.3 is 0 Å². The molecule has 0 radical (unpaired) electrons. The fourth-order valence-corrected chi connectivity index (χ4v) is 2.02. The standard InChI is InChI=1S/C14H24N2O2/c1-6-16(3)13(10-15-2)12-9-11(17-4)7-8-14(12)18-5/h7-9,13,15H,6,10H2,1-5H3. The number of methoxy groups -OCH3 is 2. The van der Waals surface area contributed by atoms with E-state index in [0.29, 0.717) is 0 Å². The molecule has 0 aliphatic heterocycles. The summed E-state index contributed by atoms with van der Waals surface area (Å²) in [6.45, 7) is 4.00. The highest BCUT2D eigenvalue weighted by atomic mass is 16.5. The molecule has 1 N–H and O–H groups in total. The van der Waals surface area contributed by atoms with E-state index in [1.165, 1.54) is 0 Å². The molecule has 0 aromatic heterocycles. The SMILES string of the molecule is CCN(C)C(CNC)c1cc(OC)ccc1OC. The molecule has 1 rings (SSSR count). The number of likely N-dealkylation sites (N-methyl/N-ethyl adjacent to an activating group) is 2. The van der Waals surface area contributed by atoms with Gasteiger partial charge in [-0.05, 0) is 38.8 Å². The van der Waals surface area contributed by atoms with E-state index < -0.39 is 0 Å². The molecule has 4 nitrogen and oxygen atoms in total. The third kappa shape index (κ3) is 3.37. The number of nitrogens with one attached hydrogen (secondary N) is 1. The van der Waals surface area contributed by atoms with E-state index in [9.17, 15) is 0 Å². The van der Waals surface area contributed by atoms with Gasteiger partial charge in [-0.1, -0.05) is 6.92 Å². The fraction of sp³-hybridized carbons (Fsp3) is 0.571. The number of benzene rings is 1. The molecule has 102 valence electrons. The van der Waals surface area contributed by atoms with E-state index >= 15 is 0 Å². The number of ether oxygens (including phenoxy) is 2. The van der Waals surface area contributed by atoms with E-state index in [1.54, 1.807) is 14.2 Å². The summed E-state index contributed by atoms with van der Waals surface area (Å²) in [5, 5.41) is 3.23. The largest absolute Gasteiger partial charge is 0.497 e. The molecule has 1 atom stereocenters. The number of hydrogen-bond acceptors (Lipinski definition) is 4. The first-order valence-electron chi connectivity index (χ1n) is 6.24. The molecule has 0 aliphatic carbocycles. The molecule has 18 heavy (non-hydrogen) atoms. The van der Waals surface area contributed by atoms with Gasteiger partial charge in [0.25, 0.3) is 0 Å². The lowest BCUT2D eigenvalue weighted by molar-refractivity contribution is 0.246. The summed E-state index contributed by atoms with van der Waals surface area (Å²) in [7, 11) is 7.46. The average Bonchev–Trinajstić information content (AvgIpc) is 2.43. The smallest absolute Gasteiger partial charge is 0.123 e. The topological polar surface area (TPSA) is 33.7 Å². The van der Waals surface area contributed by atoms with E-state index in [4.69, 9.17) is 9.47 Å². The molecule has 0 heterocycles. The summed E-state index contributed by atoms with van der Waals surface area (Å²) >= 11 is 0. The van der Waals surface area contributed by atoms with E-state index in [1.807, 2.05) is 25.2 Å². The third-order valence-corrected chi connectivity index (χ3v) is 3.22. The van der Waals surface area contributed by atoms with Crippen molar-refractivity contribution in [1.82, 2.24) is 10.2 Å². The summed E-state index contributed by atoms with van der Waals surface area (Å²) in [6.07, 6.45) is 0. The highest BCUT2D eigenvalue weighted by Crippen LogP contribution is 2.31. The van der Waals surface area contributed by atoms with E-state index in [2.05, 4.69) is 24.2 Å². The maximum atomic E-state index is 5.46. The Balaban J connectivity index is 3.14. The third-order valence-electron chi connectivity index (χ3n) is 3.22. The Kier molecular flexibility index (Phi) is 5.95. The van der Waals surface area contributed by atoms with Crippen molar-refractivity contribution >= 4 is 0 Å². The minimum absolute atomic E-state index is 0.269. The lowest BCUT2D eigenvalue weighted by Gasteiger charge is -2.28. The zero-order chi connectivity index (χ0) is 13.5. The normalized spacial score (nSPS) is 12.6. The highest BCUT2D eigenvalue weighted by molar-refractivity contribution is 5.42. The van der Waals surface area contributed by atoms with Crippen LogP contribution >= 0.6 is 0 Å². The van der Waals surface area contributed by atoms with Gasteiger partial charge in [0.2, 0.25) is 0 Å².